The summed E-state index contributed by atoms with van der Waals surface area (Å²) in [6, 6.07) is 0.463. The Morgan fingerprint density at radius 2 is 1.64 bits per heavy atom. The summed E-state index contributed by atoms with van der Waals surface area (Å²) in [5, 5.41) is 0. The lowest BCUT2D eigenvalue weighted by Gasteiger charge is -2.28. The Labute approximate surface area is 87.8 Å². The molecule has 0 aromatic carbocycles. The standard InChI is InChI=1S/C13H23N/c1-9-5-10(2)7-12(6-9)11-3-4-13(14)8-11/h9-10,13H,3-8,14H2,1-2H3. The van der Waals surface area contributed by atoms with Crippen LogP contribution in [0.5, 0.6) is 0 Å². The fraction of sp³-hybridized carbons (Fsp3) is 0.846. The molecule has 0 heterocycles. The number of rotatable bonds is 0. The highest BCUT2D eigenvalue weighted by molar-refractivity contribution is 5.21. The van der Waals surface area contributed by atoms with Crippen molar-refractivity contribution in [1.82, 2.24) is 0 Å². The van der Waals surface area contributed by atoms with Crippen LogP contribution < -0.4 is 5.73 Å². The first kappa shape index (κ1) is 10.2. The van der Waals surface area contributed by atoms with E-state index >= 15 is 0 Å². The second kappa shape index (κ2) is 4.06. The van der Waals surface area contributed by atoms with Gasteiger partial charge in [-0.1, -0.05) is 25.0 Å². The molecule has 0 aromatic heterocycles. The molecule has 0 aromatic rings. The third kappa shape index (κ3) is 2.20. The highest BCUT2D eigenvalue weighted by Gasteiger charge is 2.24. The van der Waals surface area contributed by atoms with E-state index in [1.54, 1.807) is 11.1 Å². The zero-order valence-corrected chi connectivity index (χ0v) is 9.55. The van der Waals surface area contributed by atoms with Gasteiger partial charge in [0.25, 0.3) is 0 Å². The Balaban J connectivity index is 2.09. The van der Waals surface area contributed by atoms with Crippen LogP contribution in [-0.4, -0.2) is 6.04 Å². The van der Waals surface area contributed by atoms with Crippen LogP contribution in [0.3, 0.4) is 0 Å². The lowest BCUT2D eigenvalue weighted by molar-refractivity contribution is 0.355. The third-order valence-corrected chi connectivity index (χ3v) is 3.82. The van der Waals surface area contributed by atoms with Crippen molar-refractivity contribution < 1.29 is 0 Å². The SMILES string of the molecule is CC1CC(=C2CCC(N)C2)CC(C)C1. The first-order valence-corrected chi connectivity index (χ1v) is 6.10. The highest BCUT2D eigenvalue weighted by atomic mass is 14.6. The lowest BCUT2D eigenvalue weighted by Crippen LogP contribution is -2.15. The van der Waals surface area contributed by atoms with E-state index in [9.17, 15) is 0 Å². The van der Waals surface area contributed by atoms with Crippen molar-refractivity contribution in [2.45, 2.75) is 58.4 Å². The summed E-state index contributed by atoms with van der Waals surface area (Å²) in [5.41, 5.74) is 9.45. The monoisotopic (exact) mass is 193 g/mol. The fourth-order valence-corrected chi connectivity index (χ4v) is 3.27. The highest BCUT2D eigenvalue weighted by Crippen LogP contribution is 2.38. The molecule has 14 heavy (non-hydrogen) atoms. The van der Waals surface area contributed by atoms with Crippen molar-refractivity contribution >= 4 is 0 Å². The van der Waals surface area contributed by atoms with Crippen molar-refractivity contribution in [3.8, 4) is 0 Å². The quantitative estimate of drug-likeness (QED) is 0.587. The molecule has 2 saturated carbocycles. The minimum Gasteiger partial charge on any atom is -0.327 e. The molecule has 80 valence electrons. The zero-order chi connectivity index (χ0) is 10.1. The molecule has 3 atom stereocenters. The number of hydrogen-bond donors (Lipinski definition) is 1. The molecular formula is C13H23N. The average molecular weight is 193 g/mol. The minimum absolute atomic E-state index is 0.463. The molecule has 0 bridgehead atoms. The van der Waals surface area contributed by atoms with Gasteiger partial charge in [0.05, 0.1) is 0 Å². The number of allylic oxidation sites excluding steroid dienone is 1. The van der Waals surface area contributed by atoms with Crippen molar-refractivity contribution in [2.75, 3.05) is 0 Å². The molecule has 2 aliphatic rings. The van der Waals surface area contributed by atoms with Crippen LogP contribution in [0.15, 0.2) is 11.1 Å². The maximum atomic E-state index is 5.97. The molecule has 2 rings (SSSR count). The van der Waals surface area contributed by atoms with Crippen molar-refractivity contribution in [2.24, 2.45) is 17.6 Å². The molecule has 1 heteroatoms. The predicted octanol–water partition coefficient (Wildman–Crippen LogP) is 3.25. The Bertz CT molecular complexity index is 230. The second-order valence-electron chi connectivity index (χ2n) is 5.56. The molecule has 2 fully saturated rings. The summed E-state index contributed by atoms with van der Waals surface area (Å²) in [6.07, 6.45) is 7.83. The molecule has 2 N–H and O–H groups in total. The molecule has 1 nitrogen and oxygen atoms in total. The summed E-state index contributed by atoms with van der Waals surface area (Å²) >= 11 is 0. The number of nitrogens with two attached hydrogens (primary N) is 1. The lowest BCUT2D eigenvalue weighted by atomic mass is 9.78. The number of hydrogen-bond acceptors (Lipinski definition) is 1. The molecule has 0 saturated heterocycles. The van der Waals surface area contributed by atoms with E-state index in [-0.39, 0.29) is 0 Å². The average Bonchev–Trinajstić information content (AvgIpc) is 2.50. The van der Waals surface area contributed by atoms with Crippen LogP contribution in [0.1, 0.15) is 52.4 Å². The van der Waals surface area contributed by atoms with Crippen molar-refractivity contribution in [3.63, 3.8) is 0 Å². The van der Waals surface area contributed by atoms with E-state index in [1.165, 1.54) is 38.5 Å². The van der Waals surface area contributed by atoms with Crippen LogP contribution in [0.2, 0.25) is 0 Å². The summed E-state index contributed by atoms with van der Waals surface area (Å²) in [6.45, 7) is 4.79. The van der Waals surface area contributed by atoms with E-state index in [0.29, 0.717) is 6.04 Å². The normalized spacial score (nSPS) is 39.2. The van der Waals surface area contributed by atoms with Gasteiger partial charge in [-0.3, -0.25) is 0 Å². The van der Waals surface area contributed by atoms with Crippen LogP contribution >= 0.6 is 0 Å². The topological polar surface area (TPSA) is 26.0 Å². The van der Waals surface area contributed by atoms with Crippen LogP contribution in [-0.2, 0) is 0 Å². The third-order valence-electron chi connectivity index (χ3n) is 3.82. The Hall–Kier alpha value is -0.300. The fourth-order valence-electron chi connectivity index (χ4n) is 3.27. The summed E-state index contributed by atoms with van der Waals surface area (Å²) < 4.78 is 0. The first-order valence-electron chi connectivity index (χ1n) is 6.10. The van der Waals surface area contributed by atoms with E-state index in [4.69, 9.17) is 5.73 Å². The molecule has 0 spiro atoms. The molecule has 2 aliphatic carbocycles. The van der Waals surface area contributed by atoms with Crippen LogP contribution in [0.4, 0.5) is 0 Å². The molecule has 0 amide bonds. The second-order valence-corrected chi connectivity index (χ2v) is 5.56. The first-order chi connectivity index (χ1) is 6.65. The summed E-state index contributed by atoms with van der Waals surface area (Å²) in [4.78, 5) is 0. The van der Waals surface area contributed by atoms with Crippen LogP contribution in [0.25, 0.3) is 0 Å². The van der Waals surface area contributed by atoms with Gasteiger partial charge in [0.15, 0.2) is 0 Å². The summed E-state index contributed by atoms with van der Waals surface area (Å²) in [5.74, 6) is 1.80. The largest absolute Gasteiger partial charge is 0.327 e. The van der Waals surface area contributed by atoms with Gasteiger partial charge in [-0.25, -0.2) is 0 Å². The maximum Gasteiger partial charge on any atom is 0.00792 e. The van der Waals surface area contributed by atoms with Gasteiger partial charge in [-0.15, -0.1) is 0 Å². The zero-order valence-electron chi connectivity index (χ0n) is 9.55. The van der Waals surface area contributed by atoms with E-state index < -0.39 is 0 Å². The van der Waals surface area contributed by atoms with Gasteiger partial charge in [0.2, 0.25) is 0 Å². The molecule has 3 unspecified atom stereocenters. The summed E-state index contributed by atoms with van der Waals surface area (Å²) in [7, 11) is 0. The molecule has 0 radical (unpaired) electrons. The van der Waals surface area contributed by atoms with E-state index in [1.807, 2.05) is 0 Å². The van der Waals surface area contributed by atoms with Crippen molar-refractivity contribution in [3.05, 3.63) is 11.1 Å². The van der Waals surface area contributed by atoms with Gasteiger partial charge >= 0.3 is 0 Å². The van der Waals surface area contributed by atoms with Gasteiger partial charge in [0, 0.05) is 6.04 Å². The Kier molecular flexibility index (Phi) is 2.96. The van der Waals surface area contributed by atoms with Gasteiger partial charge in [-0.2, -0.15) is 0 Å². The van der Waals surface area contributed by atoms with Gasteiger partial charge in [-0.05, 0) is 50.4 Å². The predicted molar refractivity (Wildman–Crippen MR) is 61.0 cm³/mol. The maximum absolute atomic E-state index is 5.97. The van der Waals surface area contributed by atoms with Gasteiger partial charge < -0.3 is 5.73 Å². The molecular weight excluding hydrogens is 170 g/mol. The minimum atomic E-state index is 0.463. The van der Waals surface area contributed by atoms with Crippen LogP contribution in [0, 0.1) is 11.8 Å². The molecule has 0 aliphatic heterocycles. The Morgan fingerprint density at radius 1 is 1.00 bits per heavy atom. The smallest absolute Gasteiger partial charge is 0.00792 e. The van der Waals surface area contributed by atoms with Crippen molar-refractivity contribution in [1.29, 1.82) is 0 Å². The van der Waals surface area contributed by atoms with E-state index in [2.05, 4.69) is 13.8 Å². The van der Waals surface area contributed by atoms with Gasteiger partial charge in [0.1, 0.15) is 0 Å². The Morgan fingerprint density at radius 3 is 2.14 bits per heavy atom. The van der Waals surface area contributed by atoms with E-state index in [0.717, 1.165) is 11.8 Å².